The fourth-order valence-electron chi connectivity index (χ4n) is 2.95. The van der Waals surface area contributed by atoms with Gasteiger partial charge in [0.15, 0.2) is 0 Å². The Balaban J connectivity index is 1.42. The van der Waals surface area contributed by atoms with Gasteiger partial charge in [-0.3, -0.25) is 4.79 Å². The molecule has 0 unspecified atom stereocenters. The van der Waals surface area contributed by atoms with Crippen molar-refractivity contribution < 1.29 is 14.3 Å². The van der Waals surface area contributed by atoms with Gasteiger partial charge < -0.3 is 10.1 Å². The van der Waals surface area contributed by atoms with Crippen LogP contribution in [-0.2, 0) is 11.3 Å². The van der Waals surface area contributed by atoms with E-state index in [1.165, 1.54) is 0 Å². The summed E-state index contributed by atoms with van der Waals surface area (Å²) in [6, 6.07) is 25.0. The summed E-state index contributed by atoms with van der Waals surface area (Å²) in [5, 5.41) is 6.96. The van der Waals surface area contributed by atoms with Gasteiger partial charge in [-0.1, -0.05) is 42.5 Å². The largest absolute Gasteiger partial charge is 0.457 e. The summed E-state index contributed by atoms with van der Waals surface area (Å²) in [6.45, 7) is 0.124. The zero-order valence-electron chi connectivity index (χ0n) is 16.1. The van der Waals surface area contributed by atoms with Crippen molar-refractivity contribution in [2.75, 3.05) is 5.32 Å². The molecule has 3 aromatic carbocycles. The Morgan fingerprint density at radius 3 is 2.33 bits per heavy atom. The highest BCUT2D eigenvalue weighted by Gasteiger charge is 2.15. The van der Waals surface area contributed by atoms with E-state index >= 15 is 0 Å². The molecule has 0 atom stereocenters. The third-order valence-electron chi connectivity index (χ3n) is 4.51. The number of rotatable bonds is 6. The molecule has 0 aliphatic carbocycles. The molecular formula is C24H19N3O3. The molecule has 1 aromatic heterocycles. The molecule has 0 radical (unpaired) electrons. The van der Waals surface area contributed by atoms with E-state index < -0.39 is 5.97 Å². The quantitative estimate of drug-likeness (QED) is 0.487. The lowest BCUT2D eigenvalue weighted by molar-refractivity contribution is 0.0474. The first-order chi connectivity index (χ1) is 14.7. The minimum atomic E-state index is -0.505. The molecule has 1 N–H and O–H groups in total. The van der Waals surface area contributed by atoms with E-state index in [2.05, 4.69) is 10.4 Å². The van der Waals surface area contributed by atoms with Crippen LogP contribution in [0, 0.1) is 0 Å². The van der Waals surface area contributed by atoms with Crippen molar-refractivity contribution >= 4 is 17.6 Å². The molecule has 0 spiro atoms. The zero-order valence-corrected chi connectivity index (χ0v) is 16.1. The molecule has 1 amide bonds. The lowest BCUT2D eigenvalue weighted by atomic mass is 10.1. The highest BCUT2D eigenvalue weighted by atomic mass is 16.5. The van der Waals surface area contributed by atoms with Gasteiger partial charge in [0.2, 0.25) is 0 Å². The summed E-state index contributed by atoms with van der Waals surface area (Å²) < 4.78 is 7.21. The number of nitrogens with one attached hydrogen (secondary N) is 1. The highest BCUT2D eigenvalue weighted by Crippen LogP contribution is 2.18. The molecule has 0 saturated heterocycles. The number of hydrogen-bond acceptors (Lipinski definition) is 4. The molecule has 4 rings (SSSR count). The summed E-state index contributed by atoms with van der Waals surface area (Å²) in [7, 11) is 0. The van der Waals surface area contributed by atoms with E-state index in [1.54, 1.807) is 59.4 Å². The number of amides is 1. The highest BCUT2D eigenvalue weighted by molar-refractivity contribution is 6.07. The Hall–Kier alpha value is -4.19. The van der Waals surface area contributed by atoms with Crippen LogP contribution in [0.2, 0.25) is 0 Å². The molecular weight excluding hydrogens is 378 g/mol. The summed E-state index contributed by atoms with van der Waals surface area (Å²) in [5.74, 6) is -0.792. The zero-order chi connectivity index (χ0) is 20.8. The number of anilines is 1. The van der Waals surface area contributed by atoms with Crippen LogP contribution < -0.4 is 5.32 Å². The molecule has 0 fully saturated rings. The van der Waals surface area contributed by atoms with E-state index in [0.29, 0.717) is 16.8 Å². The average molecular weight is 397 g/mol. The molecule has 4 aromatic rings. The molecule has 1 heterocycles. The second kappa shape index (κ2) is 8.87. The van der Waals surface area contributed by atoms with Gasteiger partial charge in [0, 0.05) is 18.0 Å². The number of para-hydroxylation sites is 1. The van der Waals surface area contributed by atoms with Gasteiger partial charge in [0.05, 0.1) is 16.9 Å². The number of nitrogens with zero attached hydrogens (tertiary/aromatic N) is 2. The molecule has 0 aliphatic heterocycles. The lowest BCUT2D eigenvalue weighted by Crippen LogP contribution is -2.15. The molecule has 0 bridgehead atoms. The molecule has 30 heavy (non-hydrogen) atoms. The predicted molar refractivity (Wildman–Crippen MR) is 114 cm³/mol. The van der Waals surface area contributed by atoms with Gasteiger partial charge in [-0.15, -0.1) is 0 Å². The maximum atomic E-state index is 12.6. The molecule has 6 nitrogen and oxygen atoms in total. The Morgan fingerprint density at radius 1 is 0.867 bits per heavy atom. The van der Waals surface area contributed by atoms with Crippen molar-refractivity contribution in [3.05, 3.63) is 114 Å². The Morgan fingerprint density at radius 2 is 1.60 bits per heavy atom. The van der Waals surface area contributed by atoms with Gasteiger partial charge >= 0.3 is 5.97 Å². The van der Waals surface area contributed by atoms with Crippen molar-refractivity contribution in [1.29, 1.82) is 0 Å². The topological polar surface area (TPSA) is 73.2 Å². The third kappa shape index (κ3) is 4.44. The third-order valence-corrected chi connectivity index (χ3v) is 4.51. The van der Waals surface area contributed by atoms with Crippen molar-refractivity contribution in [3.63, 3.8) is 0 Å². The van der Waals surface area contributed by atoms with Crippen LogP contribution in [0.25, 0.3) is 5.69 Å². The Kier molecular flexibility index (Phi) is 5.66. The predicted octanol–water partition coefficient (Wildman–Crippen LogP) is 4.48. The van der Waals surface area contributed by atoms with Crippen molar-refractivity contribution in [2.45, 2.75) is 6.61 Å². The minimum Gasteiger partial charge on any atom is -0.457 e. The van der Waals surface area contributed by atoms with Crippen LogP contribution in [0.4, 0.5) is 5.69 Å². The minimum absolute atomic E-state index is 0.124. The number of ether oxygens (including phenoxy) is 1. The maximum Gasteiger partial charge on any atom is 0.340 e. The first-order valence-corrected chi connectivity index (χ1v) is 9.42. The van der Waals surface area contributed by atoms with Crippen LogP contribution in [0.1, 0.15) is 26.3 Å². The van der Waals surface area contributed by atoms with E-state index in [9.17, 15) is 9.59 Å². The summed E-state index contributed by atoms with van der Waals surface area (Å²) in [6.07, 6.45) is 3.57. The normalized spacial score (nSPS) is 10.4. The second-order valence-corrected chi connectivity index (χ2v) is 6.56. The lowest BCUT2D eigenvalue weighted by Gasteiger charge is -2.11. The van der Waals surface area contributed by atoms with Gasteiger partial charge in [-0.25, -0.2) is 9.48 Å². The molecule has 148 valence electrons. The number of carbonyl (C=O) groups is 2. The number of benzene rings is 3. The smallest absolute Gasteiger partial charge is 0.340 e. The fourth-order valence-corrected chi connectivity index (χ4v) is 2.95. The number of aromatic nitrogens is 2. The van der Waals surface area contributed by atoms with E-state index in [4.69, 9.17) is 4.74 Å². The van der Waals surface area contributed by atoms with Crippen molar-refractivity contribution in [3.8, 4) is 5.69 Å². The summed E-state index contributed by atoms with van der Waals surface area (Å²) in [5.41, 5.74) is 2.99. The Labute approximate surface area is 173 Å². The number of carbonyl (C=O) groups excluding carboxylic acids is 2. The average Bonchev–Trinajstić information content (AvgIpc) is 3.34. The van der Waals surface area contributed by atoms with Crippen LogP contribution in [-0.4, -0.2) is 21.7 Å². The second-order valence-electron chi connectivity index (χ2n) is 6.56. The Bertz CT molecular complexity index is 1140. The first-order valence-electron chi connectivity index (χ1n) is 9.42. The molecule has 0 saturated carbocycles. The monoisotopic (exact) mass is 397 g/mol. The number of hydrogen-bond donors (Lipinski definition) is 1. The van der Waals surface area contributed by atoms with E-state index in [1.807, 2.05) is 42.6 Å². The van der Waals surface area contributed by atoms with Crippen LogP contribution >= 0.6 is 0 Å². The van der Waals surface area contributed by atoms with Crippen molar-refractivity contribution in [1.82, 2.24) is 9.78 Å². The van der Waals surface area contributed by atoms with Gasteiger partial charge in [-0.2, -0.15) is 5.10 Å². The molecule has 0 aliphatic rings. The summed E-state index contributed by atoms with van der Waals surface area (Å²) in [4.78, 5) is 25.1. The number of esters is 1. The van der Waals surface area contributed by atoms with Gasteiger partial charge in [-0.05, 0) is 48.0 Å². The van der Waals surface area contributed by atoms with Crippen LogP contribution in [0.5, 0.6) is 0 Å². The molecule has 6 heteroatoms. The van der Waals surface area contributed by atoms with Crippen LogP contribution in [0.3, 0.4) is 0 Å². The van der Waals surface area contributed by atoms with Crippen LogP contribution in [0.15, 0.2) is 97.3 Å². The SMILES string of the molecule is O=C(Nc1ccccc1C(=O)OCc1ccc(-n2cccn2)cc1)c1ccccc1. The standard InChI is InChI=1S/C24H19N3O3/c28-23(19-7-2-1-3-8-19)26-22-10-5-4-9-21(22)24(29)30-17-18-11-13-20(14-12-18)27-16-6-15-25-27/h1-16H,17H2,(H,26,28). The van der Waals surface area contributed by atoms with Gasteiger partial charge in [0.1, 0.15) is 6.61 Å². The summed E-state index contributed by atoms with van der Waals surface area (Å²) >= 11 is 0. The fraction of sp³-hybridized carbons (Fsp3) is 0.0417. The van der Waals surface area contributed by atoms with Crippen molar-refractivity contribution in [2.24, 2.45) is 0 Å². The first kappa shape index (κ1) is 19.1. The van der Waals surface area contributed by atoms with Gasteiger partial charge in [0.25, 0.3) is 5.91 Å². The maximum absolute atomic E-state index is 12.6. The van der Waals surface area contributed by atoms with E-state index in [-0.39, 0.29) is 12.5 Å². The van der Waals surface area contributed by atoms with E-state index in [0.717, 1.165) is 11.3 Å².